The number of carbonyl (C=O) groups is 2. The predicted molar refractivity (Wildman–Crippen MR) is 65.4 cm³/mol. The number of H-pyrrole nitrogens is 1. The lowest BCUT2D eigenvalue weighted by molar-refractivity contribution is -0.140. The number of para-hydroxylation sites is 1. The molecule has 0 spiro atoms. The SMILES string of the molecule is O=C(NC1(C(=O)O)CC1)c1cccc2cc[nH]c12. The molecule has 0 unspecified atom stereocenters. The minimum absolute atomic E-state index is 0.344. The number of amides is 1. The molecule has 1 fully saturated rings. The Morgan fingerprint density at radius 2 is 2.06 bits per heavy atom. The van der Waals surface area contributed by atoms with Gasteiger partial charge in [-0.3, -0.25) is 4.79 Å². The lowest BCUT2D eigenvalue weighted by Gasteiger charge is -2.12. The van der Waals surface area contributed by atoms with Gasteiger partial charge in [0.15, 0.2) is 0 Å². The fraction of sp³-hybridized carbons (Fsp3) is 0.231. The highest BCUT2D eigenvalue weighted by atomic mass is 16.4. The lowest BCUT2D eigenvalue weighted by atomic mass is 10.1. The zero-order valence-corrected chi connectivity index (χ0v) is 9.56. The van der Waals surface area contributed by atoms with E-state index < -0.39 is 11.5 Å². The maximum atomic E-state index is 12.1. The number of rotatable bonds is 3. The summed E-state index contributed by atoms with van der Waals surface area (Å²) >= 11 is 0. The molecule has 5 heteroatoms. The predicted octanol–water partition coefficient (Wildman–Crippen LogP) is 1.51. The number of fused-ring (bicyclic) bond motifs is 1. The van der Waals surface area contributed by atoms with E-state index in [-0.39, 0.29) is 5.91 Å². The van der Waals surface area contributed by atoms with Gasteiger partial charge in [-0.1, -0.05) is 12.1 Å². The van der Waals surface area contributed by atoms with Gasteiger partial charge in [-0.2, -0.15) is 0 Å². The van der Waals surface area contributed by atoms with E-state index in [0.29, 0.717) is 18.4 Å². The average molecular weight is 244 g/mol. The third-order valence-electron chi connectivity index (χ3n) is 3.34. The largest absolute Gasteiger partial charge is 0.480 e. The molecule has 0 atom stereocenters. The van der Waals surface area contributed by atoms with E-state index in [0.717, 1.165) is 10.9 Å². The van der Waals surface area contributed by atoms with E-state index in [9.17, 15) is 9.59 Å². The second-order valence-corrected chi connectivity index (χ2v) is 4.59. The normalized spacial score (nSPS) is 16.4. The second kappa shape index (κ2) is 3.60. The molecule has 3 N–H and O–H groups in total. The minimum atomic E-state index is -1.05. The number of benzene rings is 1. The Balaban J connectivity index is 1.93. The molecule has 5 nitrogen and oxygen atoms in total. The highest BCUT2D eigenvalue weighted by Crippen LogP contribution is 2.36. The van der Waals surface area contributed by atoms with Crippen molar-refractivity contribution in [1.29, 1.82) is 0 Å². The van der Waals surface area contributed by atoms with Crippen LogP contribution in [0.4, 0.5) is 0 Å². The van der Waals surface area contributed by atoms with Crippen molar-refractivity contribution in [3.05, 3.63) is 36.0 Å². The van der Waals surface area contributed by atoms with Crippen molar-refractivity contribution in [2.75, 3.05) is 0 Å². The van der Waals surface area contributed by atoms with E-state index in [1.807, 2.05) is 12.1 Å². The van der Waals surface area contributed by atoms with Crippen molar-refractivity contribution in [3.8, 4) is 0 Å². The molecular formula is C13H12N2O3. The van der Waals surface area contributed by atoms with E-state index in [1.165, 1.54) is 0 Å². The van der Waals surface area contributed by atoms with Gasteiger partial charge < -0.3 is 15.4 Å². The van der Waals surface area contributed by atoms with Gasteiger partial charge in [0.25, 0.3) is 5.91 Å². The highest BCUT2D eigenvalue weighted by molar-refractivity contribution is 6.07. The van der Waals surface area contributed by atoms with Crippen LogP contribution in [0.25, 0.3) is 10.9 Å². The summed E-state index contributed by atoms with van der Waals surface area (Å²) in [5, 5.41) is 12.6. The second-order valence-electron chi connectivity index (χ2n) is 4.59. The molecule has 2 aromatic rings. The molecule has 1 heterocycles. The lowest BCUT2D eigenvalue weighted by Crippen LogP contribution is -2.43. The number of nitrogens with one attached hydrogen (secondary N) is 2. The highest BCUT2D eigenvalue weighted by Gasteiger charge is 2.51. The molecule has 0 saturated heterocycles. The summed E-state index contributed by atoms with van der Waals surface area (Å²) in [6, 6.07) is 7.24. The first kappa shape index (κ1) is 10.8. The van der Waals surface area contributed by atoms with E-state index >= 15 is 0 Å². The van der Waals surface area contributed by atoms with Gasteiger partial charge in [-0.25, -0.2) is 4.79 Å². The van der Waals surface area contributed by atoms with Crippen molar-refractivity contribution in [3.63, 3.8) is 0 Å². The maximum Gasteiger partial charge on any atom is 0.329 e. The van der Waals surface area contributed by atoms with Gasteiger partial charge >= 0.3 is 5.97 Å². The Labute approximate surface area is 103 Å². The summed E-state index contributed by atoms with van der Waals surface area (Å²) in [7, 11) is 0. The third kappa shape index (κ3) is 1.55. The van der Waals surface area contributed by atoms with Crippen molar-refractivity contribution in [2.45, 2.75) is 18.4 Å². The first-order chi connectivity index (χ1) is 8.62. The fourth-order valence-electron chi connectivity index (χ4n) is 2.08. The monoisotopic (exact) mass is 244 g/mol. The first-order valence-corrected chi connectivity index (χ1v) is 5.74. The fourth-order valence-corrected chi connectivity index (χ4v) is 2.08. The van der Waals surface area contributed by atoms with Gasteiger partial charge in [0, 0.05) is 11.6 Å². The molecule has 1 aromatic heterocycles. The number of aromatic amines is 1. The molecule has 18 heavy (non-hydrogen) atoms. The quantitative estimate of drug-likeness (QED) is 0.765. The zero-order valence-electron chi connectivity index (χ0n) is 9.56. The Morgan fingerprint density at radius 3 is 2.72 bits per heavy atom. The molecule has 0 aliphatic heterocycles. The van der Waals surface area contributed by atoms with Crippen molar-refractivity contribution in [1.82, 2.24) is 10.3 Å². The van der Waals surface area contributed by atoms with Crippen LogP contribution in [0.2, 0.25) is 0 Å². The molecule has 1 amide bonds. The van der Waals surface area contributed by atoms with Crippen molar-refractivity contribution >= 4 is 22.8 Å². The Kier molecular flexibility index (Phi) is 2.16. The molecule has 3 rings (SSSR count). The minimum Gasteiger partial charge on any atom is -0.480 e. The van der Waals surface area contributed by atoms with Crippen LogP contribution in [0.15, 0.2) is 30.5 Å². The van der Waals surface area contributed by atoms with Crippen LogP contribution in [0.3, 0.4) is 0 Å². The molecule has 0 radical (unpaired) electrons. The summed E-state index contributed by atoms with van der Waals surface area (Å²) in [5.74, 6) is -1.31. The van der Waals surface area contributed by atoms with Crippen LogP contribution < -0.4 is 5.32 Å². The van der Waals surface area contributed by atoms with Crippen LogP contribution in [-0.2, 0) is 4.79 Å². The van der Waals surface area contributed by atoms with Gasteiger partial charge in [0.1, 0.15) is 5.54 Å². The molecule has 1 aliphatic rings. The Morgan fingerprint density at radius 1 is 1.28 bits per heavy atom. The summed E-state index contributed by atoms with van der Waals surface area (Å²) in [4.78, 5) is 26.2. The van der Waals surface area contributed by atoms with E-state index in [4.69, 9.17) is 5.11 Å². The van der Waals surface area contributed by atoms with E-state index in [2.05, 4.69) is 10.3 Å². The Bertz CT molecular complexity index is 640. The summed E-state index contributed by atoms with van der Waals surface area (Å²) in [6.07, 6.45) is 2.75. The van der Waals surface area contributed by atoms with Crippen LogP contribution in [0.1, 0.15) is 23.2 Å². The number of hydrogen-bond donors (Lipinski definition) is 3. The van der Waals surface area contributed by atoms with Gasteiger partial charge in [0.2, 0.25) is 0 Å². The first-order valence-electron chi connectivity index (χ1n) is 5.74. The summed E-state index contributed by atoms with van der Waals surface area (Å²) in [5.41, 5.74) is 0.160. The average Bonchev–Trinajstić information content (AvgIpc) is 2.97. The van der Waals surface area contributed by atoms with Gasteiger partial charge in [-0.15, -0.1) is 0 Å². The molecule has 1 aliphatic carbocycles. The van der Waals surface area contributed by atoms with Gasteiger partial charge in [0.05, 0.1) is 11.1 Å². The zero-order chi connectivity index (χ0) is 12.8. The van der Waals surface area contributed by atoms with Crippen molar-refractivity contribution < 1.29 is 14.7 Å². The summed E-state index contributed by atoms with van der Waals surface area (Å²) < 4.78 is 0. The maximum absolute atomic E-state index is 12.1. The number of aromatic nitrogens is 1. The third-order valence-corrected chi connectivity index (χ3v) is 3.34. The van der Waals surface area contributed by atoms with E-state index in [1.54, 1.807) is 18.3 Å². The molecular weight excluding hydrogens is 232 g/mol. The number of aliphatic carboxylic acids is 1. The standard InChI is InChI=1S/C13H12N2O3/c16-11(15-13(5-6-13)12(17)18)9-3-1-2-8-4-7-14-10(8)9/h1-4,7,14H,5-6H2,(H,15,16)(H,17,18). The number of carboxylic acids is 1. The van der Waals surface area contributed by atoms with Gasteiger partial charge in [-0.05, 0) is 25.0 Å². The Hall–Kier alpha value is -2.30. The van der Waals surface area contributed by atoms with Crippen LogP contribution in [0, 0.1) is 0 Å². The molecule has 92 valence electrons. The summed E-state index contributed by atoms with van der Waals surface area (Å²) in [6.45, 7) is 0. The van der Waals surface area contributed by atoms with Crippen LogP contribution in [-0.4, -0.2) is 27.5 Å². The molecule has 1 saturated carbocycles. The molecule has 0 bridgehead atoms. The number of carboxylic acid groups (broad SMARTS) is 1. The number of carbonyl (C=O) groups excluding carboxylic acids is 1. The number of hydrogen-bond acceptors (Lipinski definition) is 2. The smallest absolute Gasteiger partial charge is 0.329 e. The molecule has 1 aromatic carbocycles. The van der Waals surface area contributed by atoms with Crippen LogP contribution >= 0.6 is 0 Å². The topological polar surface area (TPSA) is 82.2 Å². The van der Waals surface area contributed by atoms with Crippen LogP contribution in [0.5, 0.6) is 0 Å². The van der Waals surface area contributed by atoms with Crippen molar-refractivity contribution in [2.24, 2.45) is 0 Å².